The molecular formula is C21H16F3N5O2. The molecule has 2 aromatic carbocycles. The van der Waals surface area contributed by atoms with Gasteiger partial charge >= 0.3 is 6.18 Å². The van der Waals surface area contributed by atoms with Gasteiger partial charge < -0.3 is 9.84 Å². The lowest BCUT2D eigenvalue weighted by Gasteiger charge is -2.14. The molecule has 2 heterocycles. The predicted molar refractivity (Wildman–Crippen MR) is 105 cm³/mol. The Hall–Kier alpha value is -3.95. The molecular weight excluding hydrogens is 411 g/mol. The number of rotatable bonds is 6. The molecule has 2 aromatic heterocycles. The van der Waals surface area contributed by atoms with Gasteiger partial charge in [-0.25, -0.2) is 4.68 Å². The first kappa shape index (κ1) is 20.3. The maximum absolute atomic E-state index is 13.1. The number of aryl methyl sites for hydroxylation is 1. The molecule has 0 bridgehead atoms. The molecule has 0 radical (unpaired) electrons. The first-order chi connectivity index (χ1) is 14.9. The van der Waals surface area contributed by atoms with E-state index in [1.165, 1.54) is 16.9 Å². The van der Waals surface area contributed by atoms with Crippen molar-refractivity contribution in [2.45, 2.75) is 19.0 Å². The van der Waals surface area contributed by atoms with Crippen LogP contribution < -0.4 is 5.32 Å². The van der Waals surface area contributed by atoms with Gasteiger partial charge in [0.2, 0.25) is 17.6 Å². The number of aromatic nitrogens is 4. The highest BCUT2D eigenvalue weighted by molar-refractivity contribution is 5.93. The van der Waals surface area contributed by atoms with Crippen molar-refractivity contribution in [1.82, 2.24) is 19.9 Å². The summed E-state index contributed by atoms with van der Waals surface area (Å²) >= 11 is 0. The molecule has 4 rings (SSSR count). The minimum absolute atomic E-state index is 0.000899. The summed E-state index contributed by atoms with van der Waals surface area (Å²) in [5.41, 5.74) is 0.215. The molecule has 0 aliphatic carbocycles. The van der Waals surface area contributed by atoms with Crippen molar-refractivity contribution in [2.24, 2.45) is 0 Å². The van der Waals surface area contributed by atoms with E-state index < -0.39 is 17.6 Å². The second kappa shape index (κ2) is 8.42. The van der Waals surface area contributed by atoms with E-state index >= 15 is 0 Å². The number of anilines is 1. The molecule has 0 spiro atoms. The number of alkyl halides is 3. The van der Waals surface area contributed by atoms with E-state index in [4.69, 9.17) is 4.52 Å². The molecule has 7 nitrogen and oxygen atoms in total. The Bertz CT molecular complexity index is 1170. The highest BCUT2D eigenvalue weighted by Crippen LogP contribution is 2.33. The Morgan fingerprint density at radius 3 is 2.61 bits per heavy atom. The minimum atomic E-state index is -4.54. The fourth-order valence-electron chi connectivity index (χ4n) is 2.92. The van der Waals surface area contributed by atoms with Gasteiger partial charge in [-0.2, -0.15) is 23.3 Å². The van der Waals surface area contributed by atoms with E-state index in [2.05, 4.69) is 20.6 Å². The van der Waals surface area contributed by atoms with Gasteiger partial charge in [0.25, 0.3) is 0 Å². The monoisotopic (exact) mass is 427 g/mol. The van der Waals surface area contributed by atoms with Crippen LogP contribution in [0.2, 0.25) is 0 Å². The van der Waals surface area contributed by atoms with E-state index in [0.717, 1.165) is 17.7 Å². The molecule has 158 valence electrons. The summed E-state index contributed by atoms with van der Waals surface area (Å²) in [4.78, 5) is 16.7. The first-order valence-corrected chi connectivity index (χ1v) is 9.29. The minimum Gasteiger partial charge on any atom is -0.339 e. The Morgan fingerprint density at radius 2 is 1.90 bits per heavy atom. The summed E-state index contributed by atoms with van der Waals surface area (Å²) in [7, 11) is 0. The largest absolute Gasteiger partial charge is 0.416 e. The summed E-state index contributed by atoms with van der Waals surface area (Å²) in [6.07, 6.45) is -1.39. The molecule has 4 aromatic rings. The molecule has 0 saturated heterocycles. The molecule has 0 atom stereocenters. The summed E-state index contributed by atoms with van der Waals surface area (Å²) in [5.74, 6) is 0.160. The molecule has 1 N–H and O–H groups in total. The van der Waals surface area contributed by atoms with Crippen LogP contribution in [0, 0.1) is 0 Å². The summed E-state index contributed by atoms with van der Waals surface area (Å²) < 4.78 is 45.9. The molecule has 0 fully saturated rings. The average molecular weight is 427 g/mol. The summed E-state index contributed by atoms with van der Waals surface area (Å²) in [5, 5.41) is 10.4. The number of benzene rings is 2. The molecule has 0 aliphatic rings. The highest BCUT2D eigenvalue weighted by atomic mass is 19.4. The van der Waals surface area contributed by atoms with Crippen molar-refractivity contribution < 1.29 is 22.5 Å². The van der Waals surface area contributed by atoms with Crippen molar-refractivity contribution in [3.8, 4) is 17.1 Å². The predicted octanol–water partition coefficient (Wildman–Crippen LogP) is 4.51. The third-order valence-corrected chi connectivity index (χ3v) is 4.42. The molecule has 0 saturated carbocycles. The molecule has 31 heavy (non-hydrogen) atoms. The molecule has 0 aliphatic heterocycles. The van der Waals surface area contributed by atoms with Crippen LogP contribution in [0.1, 0.15) is 17.9 Å². The van der Waals surface area contributed by atoms with E-state index in [-0.39, 0.29) is 24.4 Å². The van der Waals surface area contributed by atoms with E-state index in [1.807, 2.05) is 30.3 Å². The standard InChI is InChI=1S/C21H16F3N5O2/c22-21(23,24)15-7-8-17(29-12-4-11-25-29)16(13-15)26-18(30)9-10-19-27-20(28-31-19)14-5-2-1-3-6-14/h1-8,11-13H,9-10H2,(H,26,30). The van der Waals surface area contributed by atoms with Crippen molar-refractivity contribution in [1.29, 1.82) is 0 Å². The Balaban J connectivity index is 1.47. The SMILES string of the molecule is O=C(CCc1nc(-c2ccccc2)no1)Nc1cc(C(F)(F)F)ccc1-n1cccn1. The third-order valence-electron chi connectivity index (χ3n) is 4.42. The fraction of sp³-hybridized carbons (Fsp3) is 0.143. The van der Waals surface area contributed by atoms with Crippen LogP contribution >= 0.6 is 0 Å². The molecule has 1 amide bonds. The van der Waals surface area contributed by atoms with Crippen LogP contribution in [-0.4, -0.2) is 25.8 Å². The lowest BCUT2D eigenvalue weighted by molar-refractivity contribution is -0.137. The number of halogens is 3. The van der Waals surface area contributed by atoms with Gasteiger partial charge in [0, 0.05) is 30.8 Å². The first-order valence-electron chi connectivity index (χ1n) is 9.29. The van der Waals surface area contributed by atoms with Crippen LogP contribution in [0.4, 0.5) is 18.9 Å². The summed E-state index contributed by atoms with van der Waals surface area (Å²) in [6, 6.07) is 13.9. The Morgan fingerprint density at radius 1 is 1.10 bits per heavy atom. The van der Waals surface area contributed by atoms with Gasteiger partial charge in [0.05, 0.1) is 16.9 Å². The van der Waals surface area contributed by atoms with Crippen molar-refractivity contribution in [3.05, 3.63) is 78.4 Å². The molecule has 10 heteroatoms. The number of carbonyl (C=O) groups is 1. The molecule has 0 unspecified atom stereocenters. The topological polar surface area (TPSA) is 85.8 Å². The van der Waals surface area contributed by atoms with Gasteiger partial charge in [-0.05, 0) is 24.3 Å². The Kier molecular flexibility index (Phi) is 5.52. The zero-order chi connectivity index (χ0) is 21.8. The van der Waals surface area contributed by atoms with Crippen LogP contribution in [0.3, 0.4) is 0 Å². The number of hydrogen-bond donors (Lipinski definition) is 1. The lowest BCUT2D eigenvalue weighted by atomic mass is 10.1. The number of hydrogen-bond acceptors (Lipinski definition) is 5. The van der Waals surface area contributed by atoms with E-state index in [9.17, 15) is 18.0 Å². The number of carbonyl (C=O) groups excluding carboxylic acids is 1. The van der Waals surface area contributed by atoms with Crippen LogP contribution in [0.25, 0.3) is 17.1 Å². The Labute approximate surface area is 174 Å². The third kappa shape index (κ3) is 4.80. The lowest BCUT2D eigenvalue weighted by Crippen LogP contribution is -2.16. The van der Waals surface area contributed by atoms with Gasteiger partial charge in [0.15, 0.2) is 0 Å². The van der Waals surface area contributed by atoms with Gasteiger partial charge in [-0.1, -0.05) is 35.5 Å². The van der Waals surface area contributed by atoms with Gasteiger partial charge in [-0.3, -0.25) is 4.79 Å². The number of amides is 1. The fourth-order valence-corrected chi connectivity index (χ4v) is 2.92. The van der Waals surface area contributed by atoms with Crippen molar-refractivity contribution in [3.63, 3.8) is 0 Å². The van der Waals surface area contributed by atoms with Gasteiger partial charge in [-0.15, -0.1) is 0 Å². The normalized spacial score (nSPS) is 11.5. The highest BCUT2D eigenvalue weighted by Gasteiger charge is 2.31. The quantitative estimate of drug-likeness (QED) is 0.489. The van der Waals surface area contributed by atoms with E-state index in [0.29, 0.717) is 11.5 Å². The maximum Gasteiger partial charge on any atom is 0.416 e. The van der Waals surface area contributed by atoms with E-state index in [1.54, 1.807) is 12.3 Å². The van der Waals surface area contributed by atoms with Gasteiger partial charge in [0.1, 0.15) is 0 Å². The summed E-state index contributed by atoms with van der Waals surface area (Å²) in [6.45, 7) is 0. The average Bonchev–Trinajstić information content (AvgIpc) is 3.45. The second-order valence-corrected chi connectivity index (χ2v) is 6.61. The zero-order valence-corrected chi connectivity index (χ0v) is 16.0. The van der Waals surface area contributed by atoms with Crippen LogP contribution in [-0.2, 0) is 17.4 Å². The zero-order valence-electron chi connectivity index (χ0n) is 16.0. The maximum atomic E-state index is 13.1. The van der Waals surface area contributed by atoms with Crippen LogP contribution in [0.5, 0.6) is 0 Å². The smallest absolute Gasteiger partial charge is 0.339 e. The van der Waals surface area contributed by atoms with Crippen LogP contribution in [0.15, 0.2) is 71.5 Å². The second-order valence-electron chi connectivity index (χ2n) is 6.61. The van der Waals surface area contributed by atoms with Crippen molar-refractivity contribution >= 4 is 11.6 Å². The number of nitrogens with zero attached hydrogens (tertiary/aromatic N) is 4. The number of nitrogens with one attached hydrogen (secondary N) is 1. The van der Waals surface area contributed by atoms with Crippen molar-refractivity contribution in [2.75, 3.05) is 5.32 Å².